The first kappa shape index (κ1) is 21.6. The van der Waals surface area contributed by atoms with E-state index in [9.17, 15) is 18.0 Å². The Balaban J connectivity index is 1.98. The zero-order valence-electron chi connectivity index (χ0n) is 17.2. The molecular formula is C22H23NO6S. The van der Waals surface area contributed by atoms with E-state index in [2.05, 4.69) is 0 Å². The van der Waals surface area contributed by atoms with Crippen LogP contribution in [0.2, 0.25) is 0 Å². The molecule has 0 N–H and O–H groups in total. The Bertz CT molecular complexity index is 1120. The molecule has 1 aliphatic rings. The lowest BCUT2D eigenvalue weighted by Crippen LogP contribution is -2.42. The minimum atomic E-state index is -3.97. The first-order valence-corrected chi connectivity index (χ1v) is 10.9. The van der Waals surface area contributed by atoms with Gasteiger partial charge in [0.05, 0.1) is 4.90 Å². The van der Waals surface area contributed by atoms with Crippen LogP contribution in [0.25, 0.3) is 5.76 Å². The summed E-state index contributed by atoms with van der Waals surface area (Å²) in [5.41, 5.74) is 1.05. The van der Waals surface area contributed by atoms with Crippen molar-refractivity contribution in [1.29, 1.82) is 0 Å². The van der Waals surface area contributed by atoms with E-state index >= 15 is 0 Å². The molecule has 0 saturated heterocycles. The number of Topliss-reactive ketones (excluding diaryl/α,β-unsaturated/α-hetero) is 1. The van der Waals surface area contributed by atoms with Crippen LogP contribution in [0.3, 0.4) is 0 Å². The predicted molar refractivity (Wildman–Crippen MR) is 111 cm³/mol. The molecular weight excluding hydrogens is 406 g/mol. The lowest BCUT2D eigenvalue weighted by atomic mass is 10.1. The number of fused-ring (bicyclic) bond motifs is 1. The lowest BCUT2D eigenvalue weighted by molar-refractivity contribution is -0.139. The third-order valence-corrected chi connectivity index (χ3v) is 6.53. The minimum Gasteiger partial charge on any atom is -0.482 e. The van der Waals surface area contributed by atoms with Crippen LogP contribution in [0.5, 0.6) is 5.75 Å². The summed E-state index contributed by atoms with van der Waals surface area (Å²) in [7, 11) is -3.97. The number of hydrogen-bond acceptors (Lipinski definition) is 6. The fourth-order valence-electron chi connectivity index (χ4n) is 3.21. The molecule has 0 atom stereocenters. The van der Waals surface area contributed by atoms with Gasteiger partial charge >= 0.3 is 5.97 Å². The summed E-state index contributed by atoms with van der Waals surface area (Å²) in [6.45, 7) is 6.07. The van der Waals surface area contributed by atoms with E-state index in [0.717, 1.165) is 9.87 Å². The number of aryl methyl sites for hydroxylation is 1. The van der Waals surface area contributed by atoms with Gasteiger partial charge in [-0.15, -0.1) is 0 Å². The number of hydrogen-bond donors (Lipinski definition) is 0. The second-order valence-corrected chi connectivity index (χ2v) is 8.98. The molecule has 1 heterocycles. The quantitative estimate of drug-likeness (QED) is 0.655. The number of sulfonamides is 1. The van der Waals surface area contributed by atoms with Crippen molar-refractivity contribution in [2.75, 3.05) is 6.61 Å². The first-order chi connectivity index (χ1) is 14.1. The van der Waals surface area contributed by atoms with Crippen molar-refractivity contribution in [3.8, 4) is 5.75 Å². The van der Waals surface area contributed by atoms with Crippen LogP contribution in [-0.4, -0.2) is 37.1 Å². The Morgan fingerprint density at radius 2 is 1.67 bits per heavy atom. The highest BCUT2D eigenvalue weighted by atomic mass is 32.2. The van der Waals surface area contributed by atoms with Gasteiger partial charge in [-0.1, -0.05) is 29.8 Å². The summed E-state index contributed by atoms with van der Waals surface area (Å²) < 4.78 is 38.2. The number of ether oxygens (including phenoxy) is 2. The molecule has 0 aliphatic carbocycles. The number of benzene rings is 2. The molecule has 1 aliphatic heterocycles. The van der Waals surface area contributed by atoms with Gasteiger partial charge in [-0.3, -0.25) is 9.10 Å². The third-order valence-electron chi connectivity index (χ3n) is 4.50. The maximum absolute atomic E-state index is 13.1. The highest BCUT2D eigenvalue weighted by Gasteiger charge is 2.41. The number of ketones is 1. The molecule has 2 aromatic carbocycles. The fraction of sp³-hybridized carbons (Fsp3) is 0.273. The second kappa shape index (κ2) is 8.31. The minimum absolute atomic E-state index is 0.0223. The van der Waals surface area contributed by atoms with Crippen molar-refractivity contribution in [2.24, 2.45) is 0 Å². The highest BCUT2D eigenvalue weighted by molar-refractivity contribution is 7.89. The van der Waals surface area contributed by atoms with Crippen LogP contribution < -0.4 is 4.74 Å². The molecule has 0 bridgehead atoms. The standard InChI is InChI=1S/C22H23NO6S/c1-14(2)23-21(16(4)24)22(18-7-5-6-8-19(18)30(23,26)27)29-20(25)13-28-17-11-9-15(3)10-12-17/h5-12,14H,13H2,1-4H3. The molecule has 0 radical (unpaired) electrons. The fourth-order valence-corrected chi connectivity index (χ4v) is 5.12. The monoisotopic (exact) mass is 429 g/mol. The summed E-state index contributed by atoms with van der Waals surface area (Å²) >= 11 is 0. The molecule has 0 fully saturated rings. The molecule has 0 unspecified atom stereocenters. The SMILES string of the molecule is CC(=O)C1=C(OC(=O)COc2ccc(C)cc2)c2ccccc2S(=O)(=O)N1C(C)C. The van der Waals surface area contributed by atoms with E-state index in [0.29, 0.717) is 5.75 Å². The summed E-state index contributed by atoms with van der Waals surface area (Å²) in [4.78, 5) is 24.9. The maximum atomic E-state index is 13.1. The van der Waals surface area contributed by atoms with Crippen molar-refractivity contribution in [1.82, 2.24) is 4.31 Å². The number of esters is 1. The van der Waals surface area contributed by atoms with Crippen LogP contribution in [-0.2, 0) is 24.3 Å². The van der Waals surface area contributed by atoms with Gasteiger partial charge in [0.15, 0.2) is 18.1 Å². The molecule has 0 aromatic heterocycles. The normalized spacial score (nSPS) is 15.0. The first-order valence-electron chi connectivity index (χ1n) is 9.42. The van der Waals surface area contributed by atoms with E-state index in [1.54, 1.807) is 38.1 Å². The Kier molecular flexibility index (Phi) is 5.98. The average molecular weight is 429 g/mol. The Morgan fingerprint density at radius 3 is 2.27 bits per heavy atom. The topological polar surface area (TPSA) is 90.0 Å². The van der Waals surface area contributed by atoms with E-state index < -0.39 is 34.4 Å². The Hall–Kier alpha value is -3.13. The van der Waals surface area contributed by atoms with E-state index in [1.165, 1.54) is 19.1 Å². The number of nitrogens with zero attached hydrogens (tertiary/aromatic N) is 1. The lowest BCUT2D eigenvalue weighted by Gasteiger charge is -2.34. The molecule has 0 saturated carbocycles. The summed E-state index contributed by atoms with van der Waals surface area (Å²) in [6, 6.07) is 12.7. The van der Waals surface area contributed by atoms with Crippen molar-refractivity contribution in [2.45, 2.75) is 38.6 Å². The van der Waals surface area contributed by atoms with Crippen LogP contribution in [0.15, 0.2) is 59.1 Å². The molecule has 0 spiro atoms. The van der Waals surface area contributed by atoms with Gasteiger partial charge in [-0.25, -0.2) is 13.2 Å². The summed E-state index contributed by atoms with van der Waals surface area (Å²) in [5, 5.41) is 0. The Morgan fingerprint density at radius 1 is 1.03 bits per heavy atom. The average Bonchev–Trinajstić information content (AvgIpc) is 2.69. The van der Waals surface area contributed by atoms with Crippen LogP contribution in [0.1, 0.15) is 31.9 Å². The number of rotatable bonds is 6. The van der Waals surface area contributed by atoms with Crippen LogP contribution in [0.4, 0.5) is 0 Å². The van der Waals surface area contributed by atoms with Crippen LogP contribution in [0, 0.1) is 6.92 Å². The molecule has 30 heavy (non-hydrogen) atoms. The predicted octanol–water partition coefficient (Wildman–Crippen LogP) is 3.29. The van der Waals surface area contributed by atoms with Crippen molar-refractivity contribution in [3.63, 3.8) is 0 Å². The zero-order valence-corrected chi connectivity index (χ0v) is 18.0. The maximum Gasteiger partial charge on any atom is 0.349 e. The van der Waals surface area contributed by atoms with Gasteiger partial charge in [-0.05, 0) is 45.0 Å². The van der Waals surface area contributed by atoms with Gasteiger partial charge in [0.1, 0.15) is 11.4 Å². The zero-order chi connectivity index (χ0) is 22.1. The third kappa shape index (κ3) is 4.09. The number of carbonyl (C=O) groups excluding carboxylic acids is 2. The summed E-state index contributed by atoms with van der Waals surface area (Å²) in [6.07, 6.45) is 0. The number of carbonyl (C=O) groups is 2. The smallest absolute Gasteiger partial charge is 0.349 e. The molecule has 2 aromatic rings. The Labute approximate surface area is 176 Å². The van der Waals surface area contributed by atoms with Gasteiger partial charge < -0.3 is 9.47 Å². The molecule has 7 nitrogen and oxygen atoms in total. The van der Waals surface area contributed by atoms with Gasteiger partial charge in [-0.2, -0.15) is 0 Å². The number of allylic oxidation sites excluding steroid dienone is 1. The highest BCUT2D eigenvalue weighted by Crippen LogP contribution is 2.39. The van der Waals surface area contributed by atoms with Crippen molar-refractivity contribution < 1.29 is 27.5 Å². The van der Waals surface area contributed by atoms with E-state index in [4.69, 9.17) is 9.47 Å². The molecule has 158 valence electrons. The van der Waals surface area contributed by atoms with E-state index in [1.807, 2.05) is 19.1 Å². The molecule has 0 amide bonds. The van der Waals surface area contributed by atoms with Gasteiger partial charge in [0.25, 0.3) is 10.0 Å². The summed E-state index contributed by atoms with van der Waals surface area (Å²) in [5.74, 6) is -0.862. The van der Waals surface area contributed by atoms with Gasteiger partial charge in [0, 0.05) is 18.5 Å². The van der Waals surface area contributed by atoms with Crippen molar-refractivity contribution >= 4 is 27.5 Å². The second-order valence-electron chi connectivity index (χ2n) is 7.20. The van der Waals surface area contributed by atoms with E-state index in [-0.39, 0.29) is 21.9 Å². The van der Waals surface area contributed by atoms with Crippen molar-refractivity contribution in [3.05, 3.63) is 65.4 Å². The largest absolute Gasteiger partial charge is 0.482 e. The molecule has 3 rings (SSSR count). The van der Waals surface area contributed by atoms with Gasteiger partial charge in [0.2, 0.25) is 0 Å². The van der Waals surface area contributed by atoms with Crippen LogP contribution >= 0.6 is 0 Å². The molecule has 8 heteroatoms.